The van der Waals surface area contributed by atoms with E-state index in [1.165, 1.54) is 0 Å². The standard InChI is InChI=1S/C13H13N5O2/c1-18-7-15-6-11(18)12-16-13(20-17-12)9-4-3-8(19-2)5-10(9)14/h3-7H,14H2,1-2H3. The van der Waals surface area contributed by atoms with E-state index in [2.05, 4.69) is 15.1 Å². The Labute approximate surface area is 115 Å². The molecule has 0 aliphatic heterocycles. The number of benzene rings is 1. The van der Waals surface area contributed by atoms with Crippen molar-refractivity contribution in [2.24, 2.45) is 7.05 Å². The summed E-state index contributed by atoms with van der Waals surface area (Å²) in [5.41, 5.74) is 7.92. The molecule has 102 valence electrons. The van der Waals surface area contributed by atoms with Crippen LogP contribution >= 0.6 is 0 Å². The van der Waals surface area contributed by atoms with Crippen LogP contribution in [0.2, 0.25) is 0 Å². The molecule has 0 amide bonds. The van der Waals surface area contributed by atoms with Gasteiger partial charge in [-0.1, -0.05) is 5.16 Å². The summed E-state index contributed by atoms with van der Waals surface area (Å²) in [6.45, 7) is 0. The molecule has 2 N–H and O–H groups in total. The van der Waals surface area contributed by atoms with Gasteiger partial charge in [0.15, 0.2) is 0 Å². The average Bonchev–Trinajstić information content (AvgIpc) is 3.07. The summed E-state index contributed by atoms with van der Waals surface area (Å²) < 4.78 is 12.2. The monoisotopic (exact) mass is 271 g/mol. The Hall–Kier alpha value is -2.83. The summed E-state index contributed by atoms with van der Waals surface area (Å²) in [4.78, 5) is 8.36. The second-order valence-corrected chi connectivity index (χ2v) is 4.27. The minimum atomic E-state index is 0.362. The highest BCUT2D eigenvalue weighted by atomic mass is 16.5. The molecule has 1 aromatic carbocycles. The fourth-order valence-corrected chi connectivity index (χ4v) is 1.87. The Kier molecular flexibility index (Phi) is 2.86. The van der Waals surface area contributed by atoms with Gasteiger partial charge in [0.05, 0.1) is 25.2 Å². The largest absolute Gasteiger partial charge is 0.497 e. The zero-order valence-corrected chi connectivity index (χ0v) is 11.1. The molecule has 7 heteroatoms. The summed E-state index contributed by atoms with van der Waals surface area (Å²) in [5.74, 6) is 1.51. The smallest absolute Gasteiger partial charge is 0.260 e. The van der Waals surface area contributed by atoms with E-state index < -0.39 is 0 Å². The molecule has 3 aromatic rings. The molecule has 0 radical (unpaired) electrons. The maximum absolute atomic E-state index is 5.96. The number of aromatic nitrogens is 4. The van der Waals surface area contributed by atoms with Gasteiger partial charge in [-0.15, -0.1) is 0 Å². The van der Waals surface area contributed by atoms with Gasteiger partial charge in [-0.25, -0.2) is 4.98 Å². The van der Waals surface area contributed by atoms with Crippen LogP contribution in [0.25, 0.3) is 23.0 Å². The first-order valence-corrected chi connectivity index (χ1v) is 5.93. The van der Waals surface area contributed by atoms with E-state index in [4.69, 9.17) is 15.0 Å². The third-order valence-corrected chi connectivity index (χ3v) is 2.96. The fraction of sp³-hybridized carbons (Fsp3) is 0.154. The molecule has 3 rings (SSSR count). The van der Waals surface area contributed by atoms with Gasteiger partial charge in [-0.3, -0.25) is 0 Å². The highest BCUT2D eigenvalue weighted by molar-refractivity contribution is 5.72. The van der Waals surface area contributed by atoms with Crippen LogP contribution in [0.1, 0.15) is 0 Å². The molecule has 0 aliphatic rings. The lowest BCUT2D eigenvalue weighted by molar-refractivity contribution is 0.414. The second-order valence-electron chi connectivity index (χ2n) is 4.27. The van der Waals surface area contributed by atoms with Gasteiger partial charge in [0.25, 0.3) is 5.89 Å². The maximum atomic E-state index is 5.96. The number of imidazole rings is 1. The molecular formula is C13H13N5O2. The van der Waals surface area contributed by atoms with Crippen LogP contribution < -0.4 is 10.5 Å². The van der Waals surface area contributed by atoms with Crippen molar-refractivity contribution in [1.82, 2.24) is 19.7 Å². The van der Waals surface area contributed by atoms with Gasteiger partial charge in [-0.05, 0) is 12.1 Å². The number of nitrogens with two attached hydrogens (primary N) is 1. The molecule has 0 unspecified atom stereocenters. The molecule has 0 saturated heterocycles. The zero-order chi connectivity index (χ0) is 14.1. The summed E-state index contributed by atoms with van der Waals surface area (Å²) in [6.07, 6.45) is 3.35. The van der Waals surface area contributed by atoms with Crippen molar-refractivity contribution in [3.63, 3.8) is 0 Å². The van der Waals surface area contributed by atoms with E-state index in [0.717, 1.165) is 5.69 Å². The number of rotatable bonds is 3. The number of nitrogen functional groups attached to an aromatic ring is 1. The van der Waals surface area contributed by atoms with Crippen LogP contribution in [0, 0.1) is 0 Å². The molecule has 0 spiro atoms. The quantitative estimate of drug-likeness (QED) is 0.729. The number of ether oxygens (including phenoxy) is 1. The molecule has 7 nitrogen and oxygen atoms in total. The van der Waals surface area contributed by atoms with Crippen molar-refractivity contribution >= 4 is 5.69 Å². The lowest BCUT2D eigenvalue weighted by Crippen LogP contribution is -1.93. The van der Waals surface area contributed by atoms with Gasteiger partial charge in [0.1, 0.15) is 11.4 Å². The van der Waals surface area contributed by atoms with Gasteiger partial charge in [0.2, 0.25) is 5.82 Å². The fourth-order valence-electron chi connectivity index (χ4n) is 1.87. The first-order chi connectivity index (χ1) is 9.69. The van der Waals surface area contributed by atoms with E-state index in [9.17, 15) is 0 Å². The maximum Gasteiger partial charge on any atom is 0.260 e. The Morgan fingerprint density at radius 1 is 1.35 bits per heavy atom. The molecule has 2 aromatic heterocycles. The van der Waals surface area contributed by atoms with Crippen molar-refractivity contribution in [2.75, 3.05) is 12.8 Å². The average molecular weight is 271 g/mol. The Morgan fingerprint density at radius 2 is 2.20 bits per heavy atom. The van der Waals surface area contributed by atoms with Crippen molar-refractivity contribution in [1.29, 1.82) is 0 Å². The highest BCUT2D eigenvalue weighted by Gasteiger charge is 2.15. The first kappa shape index (κ1) is 12.2. The summed E-state index contributed by atoms with van der Waals surface area (Å²) in [7, 11) is 3.45. The van der Waals surface area contributed by atoms with E-state index >= 15 is 0 Å². The lowest BCUT2D eigenvalue weighted by Gasteiger charge is -2.03. The number of hydrogen-bond donors (Lipinski definition) is 1. The summed E-state index contributed by atoms with van der Waals surface area (Å²) in [5, 5.41) is 3.95. The topological polar surface area (TPSA) is 92.0 Å². The van der Waals surface area contributed by atoms with E-state index in [-0.39, 0.29) is 0 Å². The van der Waals surface area contributed by atoms with E-state index in [1.54, 1.807) is 37.8 Å². The molecule has 0 saturated carbocycles. The van der Waals surface area contributed by atoms with Gasteiger partial charge < -0.3 is 19.6 Å². The number of hydrogen-bond acceptors (Lipinski definition) is 6. The van der Waals surface area contributed by atoms with Crippen LogP contribution in [-0.2, 0) is 7.05 Å². The SMILES string of the molecule is COc1ccc(-c2nc(-c3cncn3C)no2)c(N)c1. The number of anilines is 1. The zero-order valence-electron chi connectivity index (χ0n) is 11.1. The Morgan fingerprint density at radius 3 is 2.85 bits per heavy atom. The first-order valence-electron chi connectivity index (χ1n) is 5.93. The molecule has 0 bridgehead atoms. The second kappa shape index (κ2) is 4.69. The molecule has 0 atom stereocenters. The molecular weight excluding hydrogens is 258 g/mol. The number of methoxy groups -OCH3 is 1. The minimum Gasteiger partial charge on any atom is -0.497 e. The minimum absolute atomic E-state index is 0.362. The highest BCUT2D eigenvalue weighted by Crippen LogP contribution is 2.29. The van der Waals surface area contributed by atoms with Crippen molar-refractivity contribution in [3.05, 3.63) is 30.7 Å². The normalized spacial score (nSPS) is 10.7. The van der Waals surface area contributed by atoms with Gasteiger partial charge >= 0.3 is 0 Å². The van der Waals surface area contributed by atoms with Crippen LogP contribution in [-0.4, -0.2) is 26.8 Å². The predicted molar refractivity (Wildman–Crippen MR) is 72.9 cm³/mol. The molecule has 0 aliphatic carbocycles. The van der Waals surface area contributed by atoms with Crippen LogP contribution in [0.15, 0.2) is 35.2 Å². The number of aryl methyl sites for hydroxylation is 1. The predicted octanol–water partition coefficient (Wildman–Crippen LogP) is 1.73. The third kappa shape index (κ3) is 1.99. The van der Waals surface area contributed by atoms with Crippen LogP contribution in [0.5, 0.6) is 5.75 Å². The Bertz CT molecular complexity index is 747. The third-order valence-electron chi connectivity index (χ3n) is 2.96. The summed E-state index contributed by atoms with van der Waals surface area (Å²) in [6, 6.07) is 5.29. The van der Waals surface area contributed by atoms with Gasteiger partial charge in [-0.2, -0.15) is 4.98 Å². The Balaban J connectivity index is 2.00. The number of nitrogens with zero attached hydrogens (tertiary/aromatic N) is 4. The van der Waals surface area contributed by atoms with Crippen molar-refractivity contribution in [3.8, 4) is 28.7 Å². The van der Waals surface area contributed by atoms with Crippen LogP contribution in [0.3, 0.4) is 0 Å². The summed E-state index contributed by atoms with van der Waals surface area (Å²) >= 11 is 0. The van der Waals surface area contributed by atoms with Crippen molar-refractivity contribution < 1.29 is 9.26 Å². The van der Waals surface area contributed by atoms with Crippen molar-refractivity contribution in [2.45, 2.75) is 0 Å². The molecule has 0 fully saturated rings. The molecule has 2 heterocycles. The lowest BCUT2D eigenvalue weighted by atomic mass is 10.1. The van der Waals surface area contributed by atoms with Gasteiger partial charge in [0, 0.05) is 18.8 Å². The molecule has 20 heavy (non-hydrogen) atoms. The van der Waals surface area contributed by atoms with E-state index in [1.807, 2.05) is 11.6 Å². The van der Waals surface area contributed by atoms with E-state index in [0.29, 0.717) is 28.7 Å². The van der Waals surface area contributed by atoms with Crippen LogP contribution in [0.4, 0.5) is 5.69 Å².